The highest BCUT2D eigenvalue weighted by atomic mass is 16.4. The van der Waals surface area contributed by atoms with Crippen LogP contribution >= 0.6 is 0 Å². The van der Waals surface area contributed by atoms with E-state index in [1.54, 1.807) is 4.68 Å². The molecule has 0 atom stereocenters. The van der Waals surface area contributed by atoms with Crippen molar-refractivity contribution in [1.29, 1.82) is 0 Å². The monoisotopic (exact) mass is 222 g/mol. The maximum absolute atomic E-state index is 11.2. The van der Waals surface area contributed by atoms with Gasteiger partial charge in [0.25, 0.3) is 0 Å². The predicted octanol–water partition coefficient (Wildman–Crippen LogP) is 2.70. The summed E-state index contributed by atoms with van der Waals surface area (Å²) in [6, 6.07) is 0.284. The summed E-state index contributed by atoms with van der Waals surface area (Å²) in [5, 5.41) is 13.6. The van der Waals surface area contributed by atoms with Crippen molar-refractivity contribution in [3.05, 3.63) is 17.0 Å². The second-order valence-electron chi connectivity index (χ2n) is 4.60. The molecule has 0 bridgehead atoms. The van der Waals surface area contributed by atoms with E-state index in [2.05, 4.69) is 5.10 Å². The zero-order valence-corrected chi connectivity index (χ0v) is 9.86. The fraction of sp³-hybridized carbons (Fsp3) is 0.667. The molecular formula is C12H18N2O2. The average Bonchev–Trinajstić information content (AvgIpc) is 2.57. The molecule has 2 rings (SSSR count). The van der Waals surface area contributed by atoms with Crippen LogP contribution in [-0.2, 0) is 0 Å². The number of carboxylic acids is 1. The van der Waals surface area contributed by atoms with Crippen molar-refractivity contribution in [2.45, 2.75) is 52.0 Å². The Labute approximate surface area is 95.3 Å². The van der Waals surface area contributed by atoms with Crippen molar-refractivity contribution in [3.63, 3.8) is 0 Å². The van der Waals surface area contributed by atoms with Crippen LogP contribution in [0, 0.1) is 13.8 Å². The fourth-order valence-corrected chi connectivity index (χ4v) is 2.48. The maximum atomic E-state index is 11.2. The van der Waals surface area contributed by atoms with Crippen molar-refractivity contribution < 1.29 is 9.90 Å². The van der Waals surface area contributed by atoms with E-state index in [1.807, 2.05) is 13.8 Å². The molecule has 16 heavy (non-hydrogen) atoms. The van der Waals surface area contributed by atoms with Gasteiger partial charge >= 0.3 is 5.97 Å². The molecule has 0 spiro atoms. The topological polar surface area (TPSA) is 55.1 Å². The lowest BCUT2D eigenvalue weighted by Gasteiger charge is -2.23. The van der Waals surface area contributed by atoms with Crippen molar-refractivity contribution >= 4 is 5.97 Å². The smallest absolute Gasteiger partial charge is 0.354 e. The van der Waals surface area contributed by atoms with Gasteiger partial charge in [0.1, 0.15) is 5.69 Å². The van der Waals surface area contributed by atoms with Crippen LogP contribution in [0.5, 0.6) is 0 Å². The minimum absolute atomic E-state index is 0.284. The molecule has 1 aliphatic rings. The molecule has 4 heteroatoms. The number of hydrogen-bond donors (Lipinski definition) is 1. The number of carbonyl (C=O) groups is 1. The van der Waals surface area contributed by atoms with Gasteiger partial charge in [-0.2, -0.15) is 5.10 Å². The number of nitrogens with zero attached hydrogens (tertiary/aromatic N) is 2. The summed E-state index contributed by atoms with van der Waals surface area (Å²) in [7, 11) is 0. The molecule has 0 unspecified atom stereocenters. The van der Waals surface area contributed by atoms with Crippen LogP contribution < -0.4 is 0 Å². The molecule has 1 fully saturated rings. The molecule has 1 saturated carbocycles. The third-order valence-corrected chi connectivity index (χ3v) is 3.51. The summed E-state index contributed by atoms with van der Waals surface area (Å²) in [6.45, 7) is 3.71. The van der Waals surface area contributed by atoms with Crippen molar-refractivity contribution in [1.82, 2.24) is 9.78 Å². The molecule has 1 aliphatic carbocycles. The highest BCUT2D eigenvalue weighted by Crippen LogP contribution is 2.30. The quantitative estimate of drug-likeness (QED) is 0.837. The Kier molecular flexibility index (Phi) is 2.99. The molecule has 0 saturated heterocycles. The molecule has 1 aromatic heterocycles. The van der Waals surface area contributed by atoms with E-state index in [4.69, 9.17) is 0 Å². The first kappa shape index (κ1) is 11.2. The first-order chi connectivity index (χ1) is 7.61. The first-order valence-electron chi connectivity index (χ1n) is 5.90. The largest absolute Gasteiger partial charge is 0.477 e. The molecule has 1 heterocycles. The molecule has 88 valence electrons. The maximum Gasteiger partial charge on any atom is 0.354 e. The van der Waals surface area contributed by atoms with Crippen molar-refractivity contribution in [3.8, 4) is 0 Å². The standard InChI is InChI=1S/C12H18N2O2/c1-8-9(2)13-14(11(8)12(15)16)10-6-4-3-5-7-10/h10H,3-7H2,1-2H3,(H,15,16). The van der Waals surface area contributed by atoms with Crippen molar-refractivity contribution in [2.24, 2.45) is 0 Å². The Morgan fingerprint density at radius 2 is 1.94 bits per heavy atom. The van der Waals surface area contributed by atoms with E-state index in [0.29, 0.717) is 5.69 Å². The number of rotatable bonds is 2. The Morgan fingerprint density at radius 3 is 2.50 bits per heavy atom. The Morgan fingerprint density at radius 1 is 1.31 bits per heavy atom. The van der Waals surface area contributed by atoms with Gasteiger partial charge in [0.05, 0.1) is 11.7 Å². The molecule has 4 nitrogen and oxygen atoms in total. The van der Waals surface area contributed by atoms with Crippen LogP contribution in [0.4, 0.5) is 0 Å². The Balaban J connectivity index is 2.38. The second-order valence-corrected chi connectivity index (χ2v) is 4.60. The number of carboxylic acid groups (broad SMARTS) is 1. The van der Waals surface area contributed by atoms with Gasteiger partial charge in [0.15, 0.2) is 0 Å². The van der Waals surface area contributed by atoms with Gasteiger partial charge < -0.3 is 5.11 Å². The van der Waals surface area contributed by atoms with Gasteiger partial charge in [-0.05, 0) is 26.7 Å². The van der Waals surface area contributed by atoms with E-state index in [0.717, 1.165) is 24.1 Å². The molecule has 0 radical (unpaired) electrons. The van der Waals surface area contributed by atoms with E-state index in [-0.39, 0.29) is 6.04 Å². The third-order valence-electron chi connectivity index (χ3n) is 3.51. The minimum Gasteiger partial charge on any atom is -0.477 e. The number of aryl methyl sites for hydroxylation is 1. The predicted molar refractivity (Wildman–Crippen MR) is 60.8 cm³/mol. The molecule has 1 N–H and O–H groups in total. The van der Waals surface area contributed by atoms with Gasteiger partial charge in [-0.1, -0.05) is 19.3 Å². The highest BCUT2D eigenvalue weighted by Gasteiger charge is 2.24. The highest BCUT2D eigenvalue weighted by molar-refractivity contribution is 5.87. The number of aromatic carboxylic acids is 1. The minimum atomic E-state index is -0.858. The zero-order valence-electron chi connectivity index (χ0n) is 9.86. The van der Waals surface area contributed by atoms with Crippen LogP contribution in [0.1, 0.15) is 59.9 Å². The number of aromatic nitrogens is 2. The van der Waals surface area contributed by atoms with E-state index in [9.17, 15) is 9.90 Å². The van der Waals surface area contributed by atoms with Crippen LogP contribution in [0.3, 0.4) is 0 Å². The number of hydrogen-bond acceptors (Lipinski definition) is 2. The van der Waals surface area contributed by atoms with Crippen LogP contribution in [0.2, 0.25) is 0 Å². The molecule has 0 aliphatic heterocycles. The average molecular weight is 222 g/mol. The molecule has 0 aromatic carbocycles. The lowest BCUT2D eigenvalue weighted by molar-refractivity contribution is 0.0677. The van der Waals surface area contributed by atoms with Gasteiger partial charge in [-0.15, -0.1) is 0 Å². The van der Waals surface area contributed by atoms with Crippen LogP contribution in [0.25, 0.3) is 0 Å². The van der Waals surface area contributed by atoms with Gasteiger partial charge in [0.2, 0.25) is 0 Å². The lowest BCUT2D eigenvalue weighted by Crippen LogP contribution is -2.19. The van der Waals surface area contributed by atoms with Gasteiger partial charge in [-0.25, -0.2) is 4.79 Å². The summed E-state index contributed by atoms with van der Waals surface area (Å²) in [5.74, 6) is -0.858. The molecule has 1 aromatic rings. The van der Waals surface area contributed by atoms with E-state index >= 15 is 0 Å². The third kappa shape index (κ3) is 1.84. The summed E-state index contributed by atoms with van der Waals surface area (Å²) < 4.78 is 1.74. The van der Waals surface area contributed by atoms with Crippen LogP contribution in [0.15, 0.2) is 0 Å². The summed E-state index contributed by atoms with van der Waals surface area (Å²) in [5.41, 5.74) is 2.02. The second kappa shape index (κ2) is 4.28. The van der Waals surface area contributed by atoms with Gasteiger partial charge in [0, 0.05) is 5.56 Å². The Hall–Kier alpha value is -1.32. The van der Waals surface area contributed by atoms with Gasteiger partial charge in [-0.3, -0.25) is 4.68 Å². The molecular weight excluding hydrogens is 204 g/mol. The van der Waals surface area contributed by atoms with Crippen molar-refractivity contribution in [2.75, 3.05) is 0 Å². The normalized spacial score (nSPS) is 17.6. The summed E-state index contributed by atoms with van der Waals surface area (Å²) in [6.07, 6.45) is 5.74. The molecule has 0 amide bonds. The SMILES string of the molecule is Cc1nn(C2CCCCC2)c(C(=O)O)c1C. The van der Waals surface area contributed by atoms with E-state index < -0.39 is 5.97 Å². The first-order valence-corrected chi connectivity index (χ1v) is 5.90. The lowest BCUT2D eigenvalue weighted by atomic mass is 9.95. The zero-order chi connectivity index (χ0) is 11.7. The van der Waals surface area contributed by atoms with E-state index in [1.165, 1.54) is 19.3 Å². The Bertz CT molecular complexity index is 403. The summed E-state index contributed by atoms with van der Waals surface area (Å²) in [4.78, 5) is 11.2. The fourth-order valence-electron chi connectivity index (χ4n) is 2.48. The van der Waals surface area contributed by atoms with Crippen LogP contribution in [-0.4, -0.2) is 20.9 Å². The summed E-state index contributed by atoms with van der Waals surface area (Å²) >= 11 is 0.